The Morgan fingerprint density at radius 1 is 1.03 bits per heavy atom. The minimum absolute atomic E-state index is 0.0892. The second-order valence-electron chi connectivity index (χ2n) is 6.25. The molecule has 2 amide bonds. The molecule has 0 fully saturated rings. The average Bonchev–Trinajstić information content (AvgIpc) is 3.09. The third-order valence-electron chi connectivity index (χ3n) is 4.04. The number of thiazole rings is 1. The molecule has 2 N–H and O–H groups in total. The fourth-order valence-electron chi connectivity index (χ4n) is 2.67. The van der Waals surface area contributed by atoms with Crippen LogP contribution < -0.4 is 10.6 Å². The number of benzene rings is 2. The van der Waals surface area contributed by atoms with E-state index in [9.17, 15) is 14.4 Å². The second kappa shape index (κ2) is 9.29. The quantitative estimate of drug-likeness (QED) is 0.573. The molecule has 0 saturated heterocycles. The molecule has 1 aromatic heterocycles. The maximum absolute atomic E-state index is 12.4. The highest BCUT2D eigenvalue weighted by Gasteiger charge is 2.11. The van der Waals surface area contributed by atoms with Gasteiger partial charge in [0.15, 0.2) is 5.13 Å². The van der Waals surface area contributed by atoms with Crippen LogP contribution in [-0.4, -0.2) is 29.4 Å². The number of nitrogens with zero attached hydrogens (tertiary/aromatic N) is 1. The smallest absolute Gasteiger partial charge is 0.338 e. The summed E-state index contributed by atoms with van der Waals surface area (Å²) in [5.74, 6) is -0.715. The zero-order valence-electron chi connectivity index (χ0n) is 16.2. The number of carbonyl (C=O) groups excluding carboxylic acids is 3. The molecule has 2 aromatic carbocycles. The van der Waals surface area contributed by atoms with Gasteiger partial charge in [0.1, 0.15) is 0 Å². The molecular formula is C21H21N3O4S. The molecule has 7 nitrogen and oxygen atoms in total. The fraction of sp³-hybridized carbons (Fsp3) is 0.238. The van der Waals surface area contributed by atoms with Gasteiger partial charge in [-0.25, -0.2) is 9.78 Å². The Labute approximate surface area is 172 Å². The van der Waals surface area contributed by atoms with Gasteiger partial charge in [-0.1, -0.05) is 30.4 Å². The molecule has 0 spiro atoms. The monoisotopic (exact) mass is 411 g/mol. The summed E-state index contributed by atoms with van der Waals surface area (Å²) >= 11 is 1.37. The van der Waals surface area contributed by atoms with E-state index < -0.39 is 5.97 Å². The fourth-order valence-corrected chi connectivity index (χ4v) is 3.61. The maximum Gasteiger partial charge on any atom is 0.338 e. The van der Waals surface area contributed by atoms with Gasteiger partial charge < -0.3 is 15.4 Å². The highest BCUT2D eigenvalue weighted by atomic mass is 32.1. The third kappa shape index (κ3) is 5.39. The predicted molar refractivity (Wildman–Crippen MR) is 113 cm³/mol. The summed E-state index contributed by atoms with van der Waals surface area (Å²) in [6.07, 6.45) is 0.562. The molecule has 29 heavy (non-hydrogen) atoms. The number of aromatic nitrogens is 1. The van der Waals surface area contributed by atoms with Crippen LogP contribution in [0.4, 0.5) is 10.8 Å². The Morgan fingerprint density at radius 2 is 1.86 bits per heavy atom. The zero-order valence-corrected chi connectivity index (χ0v) is 17.0. The van der Waals surface area contributed by atoms with Gasteiger partial charge in [-0.15, -0.1) is 0 Å². The van der Waals surface area contributed by atoms with E-state index in [0.717, 1.165) is 15.8 Å². The van der Waals surface area contributed by atoms with Crippen LogP contribution in [0.5, 0.6) is 0 Å². The predicted octanol–water partition coefficient (Wildman–Crippen LogP) is 4.00. The van der Waals surface area contributed by atoms with Crippen molar-refractivity contribution >= 4 is 50.2 Å². The van der Waals surface area contributed by atoms with E-state index in [0.29, 0.717) is 29.4 Å². The summed E-state index contributed by atoms with van der Waals surface area (Å²) in [5.41, 5.74) is 2.52. The van der Waals surface area contributed by atoms with Crippen LogP contribution in [0, 0.1) is 0 Å². The van der Waals surface area contributed by atoms with Crippen molar-refractivity contribution in [1.29, 1.82) is 0 Å². The Morgan fingerprint density at radius 3 is 2.62 bits per heavy atom. The highest BCUT2D eigenvalue weighted by Crippen LogP contribution is 2.27. The number of ether oxygens (including phenoxy) is 1. The van der Waals surface area contributed by atoms with Gasteiger partial charge in [0.05, 0.1) is 28.8 Å². The molecule has 0 aliphatic heterocycles. The standard InChI is InChI=1S/C21H21N3O4S/c1-3-18(25)24-21-23-16-9-8-13(10-17(16)29-21)11-19(26)22-15-7-5-6-14(12-15)20(27)28-4-2/h5-10,12H,3-4,11H2,1-2H3,(H,22,26)(H,23,24,25). The van der Waals surface area contributed by atoms with Crippen LogP contribution >= 0.6 is 11.3 Å². The number of amides is 2. The van der Waals surface area contributed by atoms with E-state index in [4.69, 9.17) is 4.74 Å². The SMILES string of the molecule is CCOC(=O)c1cccc(NC(=O)Cc2ccc3nc(NC(=O)CC)sc3c2)c1. The molecule has 0 radical (unpaired) electrons. The molecule has 150 valence electrons. The van der Waals surface area contributed by atoms with Gasteiger partial charge in [-0.05, 0) is 42.8 Å². The van der Waals surface area contributed by atoms with Gasteiger partial charge in [-0.2, -0.15) is 0 Å². The Hall–Kier alpha value is -3.26. The average molecular weight is 411 g/mol. The first-order valence-corrected chi connectivity index (χ1v) is 10.1. The minimum Gasteiger partial charge on any atom is -0.462 e. The van der Waals surface area contributed by atoms with E-state index in [1.807, 2.05) is 18.2 Å². The van der Waals surface area contributed by atoms with E-state index in [2.05, 4.69) is 15.6 Å². The van der Waals surface area contributed by atoms with Crippen molar-refractivity contribution in [2.45, 2.75) is 26.7 Å². The lowest BCUT2D eigenvalue weighted by Gasteiger charge is -2.07. The van der Waals surface area contributed by atoms with Crippen molar-refractivity contribution in [3.63, 3.8) is 0 Å². The Kier molecular flexibility index (Phi) is 6.56. The van der Waals surface area contributed by atoms with E-state index in [1.165, 1.54) is 11.3 Å². The molecule has 0 saturated carbocycles. The van der Waals surface area contributed by atoms with Crippen molar-refractivity contribution in [3.05, 3.63) is 53.6 Å². The molecule has 0 unspecified atom stereocenters. The molecule has 0 aliphatic carbocycles. The van der Waals surface area contributed by atoms with E-state index >= 15 is 0 Å². The number of hydrogen-bond acceptors (Lipinski definition) is 6. The van der Waals surface area contributed by atoms with Gasteiger partial charge >= 0.3 is 5.97 Å². The molecule has 0 atom stereocenters. The van der Waals surface area contributed by atoms with Crippen molar-refractivity contribution in [2.24, 2.45) is 0 Å². The number of hydrogen-bond donors (Lipinski definition) is 2. The summed E-state index contributed by atoms with van der Waals surface area (Å²) in [6, 6.07) is 12.2. The number of carbonyl (C=O) groups is 3. The molecule has 0 aliphatic rings. The van der Waals surface area contributed by atoms with Crippen LogP contribution in [0.3, 0.4) is 0 Å². The van der Waals surface area contributed by atoms with Gasteiger partial charge in [-0.3, -0.25) is 9.59 Å². The lowest BCUT2D eigenvalue weighted by molar-refractivity contribution is -0.116. The summed E-state index contributed by atoms with van der Waals surface area (Å²) in [4.78, 5) is 40.1. The lowest BCUT2D eigenvalue weighted by Crippen LogP contribution is -2.15. The first-order valence-electron chi connectivity index (χ1n) is 9.24. The van der Waals surface area contributed by atoms with Crippen molar-refractivity contribution in [2.75, 3.05) is 17.2 Å². The topological polar surface area (TPSA) is 97.4 Å². The molecule has 3 aromatic rings. The largest absolute Gasteiger partial charge is 0.462 e. The zero-order chi connectivity index (χ0) is 20.8. The van der Waals surface area contributed by atoms with Crippen molar-refractivity contribution < 1.29 is 19.1 Å². The van der Waals surface area contributed by atoms with Gasteiger partial charge in [0, 0.05) is 12.1 Å². The number of anilines is 2. The minimum atomic E-state index is -0.426. The van der Waals surface area contributed by atoms with Crippen LogP contribution in [-0.2, 0) is 20.7 Å². The summed E-state index contributed by atoms with van der Waals surface area (Å²) in [7, 11) is 0. The lowest BCUT2D eigenvalue weighted by atomic mass is 10.1. The van der Waals surface area contributed by atoms with Crippen molar-refractivity contribution in [1.82, 2.24) is 4.98 Å². The van der Waals surface area contributed by atoms with Crippen molar-refractivity contribution in [3.8, 4) is 0 Å². The van der Waals surface area contributed by atoms with E-state index in [-0.39, 0.29) is 18.2 Å². The van der Waals surface area contributed by atoms with Gasteiger partial charge in [0.2, 0.25) is 11.8 Å². The normalized spacial score (nSPS) is 10.6. The first kappa shape index (κ1) is 20.5. The second-order valence-corrected chi connectivity index (χ2v) is 7.28. The molecule has 8 heteroatoms. The molecule has 3 rings (SSSR count). The molecule has 0 bridgehead atoms. The van der Waals surface area contributed by atoms with Crippen LogP contribution in [0.1, 0.15) is 36.2 Å². The molecular weight excluding hydrogens is 390 g/mol. The van der Waals surface area contributed by atoms with Crippen LogP contribution in [0.15, 0.2) is 42.5 Å². The number of fused-ring (bicyclic) bond motifs is 1. The molecule has 1 heterocycles. The maximum atomic E-state index is 12.4. The Bertz CT molecular complexity index is 1060. The number of nitrogens with one attached hydrogen (secondary N) is 2. The highest BCUT2D eigenvalue weighted by molar-refractivity contribution is 7.22. The number of esters is 1. The van der Waals surface area contributed by atoms with Crippen LogP contribution in [0.2, 0.25) is 0 Å². The third-order valence-corrected chi connectivity index (χ3v) is 4.98. The Balaban J connectivity index is 1.67. The summed E-state index contributed by atoms with van der Waals surface area (Å²) in [6.45, 7) is 3.81. The van der Waals surface area contributed by atoms with E-state index in [1.54, 1.807) is 38.1 Å². The number of rotatable bonds is 7. The van der Waals surface area contributed by atoms with Crippen LogP contribution in [0.25, 0.3) is 10.2 Å². The first-order chi connectivity index (χ1) is 14.0. The van der Waals surface area contributed by atoms with Gasteiger partial charge in [0.25, 0.3) is 0 Å². The summed E-state index contributed by atoms with van der Waals surface area (Å²) in [5, 5.41) is 6.09. The summed E-state index contributed by atoms with van der Waals surface area (Å²) < 4.78 is 5.87.